The molecule has 1 aromatic heterocycles. The summed E-state index contributed by atoms with van der Waals surface area (Å²) in [4.78, 5) is 0. The fourth-order valence-electron chi connectivity index (χ4n) is 7.87. The minimum absolute atomic E-state index is 0. The number of aryl methyl sites for hydroxylation is 3. The number of hydrogen-bond acceptors (Lipinski definition) is 6. The van der Waals surface area contributed by atoms with Crippen LogP contribution < -0.4 is 52.2 Å². The molecule has 282 valence electrons. The number of ether oxygens (including phenoxy) is 5. The van der Waals surface area contributed by atoms with Crippen LogP contribution in [0, 0.1) is 0 Å². The third kappa shape index (κ3) is 8.19. The molecule has 0 saturated heterocycles. The average molecular weight is 840 g/mol. The molecule has 54 heavy (non-hydrogen) atoms. The molecule has 4 aromatic carbocycles. The van der Waals surface area contributed by atoms with Gasteiger partial charge < -0.3 is 52.8 Å². The number of phenolic OH excluding ortho intramolecular Hbond substituents is 1. The molecule has 8 heteroatoms. The van der Waals surface area contributed by atoms with Gasteiger partial charge in [-0.25, -0.2) is 0 Å². The number of phenols is 1. The SMILES string of the molecule is C=CCc1ccc(O)c(-c2ccc(OCCCCCCCCc3c4[n+](cc5c(OC)c(OC)ccc35)CCc3cc5c(cc3-4)OCO5)c(CC=C)c2)c1.[I-]. The molecule has 5 aromatic rings. The predicted octanol–water partition coefficient (Wildman–Crippen LogP) is 6.89. The third-order valence-electron chi connectivity index (χ3n) is 10.5. The second-order valence-electron chi connectivity index (χ2n) is 13.9. The molecule has 0 aliphatic carbocycles. The van der Waals surface area contributed by atoms with Gasteiger partial charge in [-0.05, 0) is 103 Å². The van der Waals surface area contributed by atoms with E-state index < -0.39 is 0 Å². The van der Waals surface area contributed by atoms with Crippen molar-refractivity contribution in [2.24, 2.45) is 0 Å². The predicted molar refractivity (Wildman–Crippen MR) is 211 cm³/mol. The number of fused-ring (bicyclic) bond motifs is 5. The van der Waals surface area contributed by atoms with E-state index in [-0.39, 0.29) is 36.5 Å². The minimum atomic E-state index is 0. The first-order valence-corrected chi connectivity index (χ1v) is 18.9. The van der Waals surface area contributed by atoms with Crippen LogP contribution in [0.2, 0.25) is 0 Å². The standard InChI is InChI=1S/C46H49NO6.HI/c1-5-13-31-16-19-40(48)37(25-31)32-17-20-41(34(26-32)14-6-2)51-24-12-10-8-7-9-11-15-36-35-18-21-42(49-3)46(50-4)39(35)29-47-23-22-33-27-43-44(53-30-52-43)28-38(33)45(36)47;/h5-6,16-21,25-29H,1-2,7-15,22-24,30H2,3-4H3;1H. The molecule has 0 spiro atoms. The van der Waals surface area contributed by atoms with E-state index in [4.69, 9.17) is 23.7 Å². The largest absolute Gasteiger partial charge is 1.00 e. The van der Waals surface area contributed by atoms with Crippen molar-refractivity contribution in [1.29, 1.82) is 0 Å². The molecular weight excluding hydrogens is 789 g/mol. The van der Waals surface area contributed by atoms with E-state index in [0.29, 0.717) is 13.0 Å². The number of aromatic hydroxyl groups is 1. The van der Waals surface area contributed by atoms with Crippen LogP contribution in [0.3, 0.4) is 0 Å². The maximum atomic E-state index is 10.6. The number of allylic oxidation sites excluding steroid dienone is 2. The summed E-state index contributed by atoms with van der Waals surface area (Å²) in [6.07, 6.45) is 16.1. The average Bonchev–Trinajstić information content (AvgIpc) is 3.64. The number of methoxy groups -OCH3 is 2. The maximum Gasteiger partial charge on any atom is 0.231 e. The Balaban J connectivity index is 0.00000497. The van der Waals surface area contributed by atoms with Gasteiger partial charge in [0.15, 0.2) is 35.7 Å². The summed E-state index contributed by atoms with van der Waals surface area (Å²) in [5, 5.41) is 12.9. The quantitative estimate of drug-likeness (QED) is 0.0477. The Kier molecular flexibility index (Phi) is 13.1. The van der Waals surface area contributed by atoms with E-state index in [1.165, 1.54) is 40.6 Å². The van der Waals surface area contributed by atoms with Gasteiger partial charge in [-0.1, -0.05) is 50.0 Å². The highest BCUT2D eigenvalue weighted by atomic mass is 127. The molecule has 0 fully saturated rings. The number of pyridine rings is 1. The van der Waals surface area contributed by atoms with Gasteiger partial charge >= 0.3 is 0 Å². The van der Waals surface area contributed by atoms with E-state index in [1.54, 1.807) is 20.3 Å². The number of rotatable bonds is 17. The number of hydrogen-bond donors (Lipinski definition) is 1. The van der Waals surface area contributed by atoms with Crippen molar-refractivity contribution in [3.05, 3.63) is 114 Å². The van der Waals surface area contributed by atoms with Crippen molar-refractivity contribution in [3.63, 3.8) is 0 Å². The second-order valence-corrected chi connectivity index (χ2v) is 13.9. The van der Waals surface area contributed by atoms with Crippen LogP contribution in [-0.4, -0.2) is 32.7 Å². The van der Waals surface area contributed by atoms with E-state index in [9.17, 15) is 5.11 Å². The third-order valence-corrected chi connectivity index (χ3v) is 10.5. The minimum Gasteiger partial charge on any atom is -1.00 e. The first-order valence-electron chi connectivity index (χ1n) is 18.9. The first kappa shape index (κ1) is 39.0. The molecule has 0 atom stereocenters. The van der Waals surface area contributed by atoms with Gasteiger partial charge in [-0.2, -0.15) is 4.57 Å². The summed E-state index contributed by atoms with van der Waals surface area (Å²) in [7, 11) is 3.41. The summed E-state index contributed by atoms with van der Waals surface area (Å²) in [5.41, 5.74) is 9.12. The lowest BCUT2D eigenvalue weighted by molar-refractivity contribution is -0.686. The fourth-order valence-corrected chi connectivity index (χ4v) is 7.87. The number of halogens is 1. The summed E-state index contributed by atoms with van der Waals surface area (Å²) in [5.74, 6) is 4.33. The Morgan fingerprint density at radius 3 is 2.31 bits per heavy atom. The Hall–Kier alpha value is -4.70. The Morgan fingerprint density at radius 1 is 0.778 bits per heavy atom. The zero-order chi connectivity index (χ0) is 36.7. The Morgan fingerprint density at radius 2 is 1.54 bits per heavy atom. The zero-order valence-electron chi connectivity index (χ0n) is 31.4. The van der Waals surface area contributed by atoms with Crippen molar-refractivity contribution in [3.8, 4) is 56.9 Å². The lowest BCUT2D eigenvalue weighted by Gasteiger charge is -2.21. The number of aromatic nitrogens is 1. The van der Waals surface area contributed by atoms with Crippen LogP contribution >= 0.6 is 0 Å². The maximum absolute atomic E-state index is 10.6. The number of nitrogens with zero attached hydrogens (tertiary/aromatic N) is 1. The van der Waals surface area contributed by atoms with Crippen LogP contribution in [0.1, 0.15) is 60.8 Å². The van der Waals surface area contributed by atoms with Crippen molar-refractivity contribution in [1.82, 2.24) is 0 Å². The van der Waals surface area contributed by atoms with Gasteiger partial charge in [0, 0.05) is 22.9 Å². The topological polar surface area (TPSA) is 70.3 Å². The van der Waals surface area contributed by atoms with Crippen LogP contribution in [0.15, 0.2) is 92.2 Å². The van der Waals surface area contributed by atoms with E-state index in [2.05, 4.69) is 48.2 Å². The first-order chi connectivity index (χ1) is 26.0. The van der Waals surface area contributed by atoms with Gasteiger partial charge in [-0.15, -0.1) is 13.2 Å². The lowest BCUT2D eigenvalue weighted by atomic mass is 9.89. The Labute approximate surface area is 336 Å². The molecule has 0 unspecified atom stereocenters. The number of benzene rings is 4. The number of unbranched alkanes of at least 4 members (excludes halogenated alkanes) is 5. The molecule has 7 nitrogen and oxygen atoms in total. The van der Waals surface area contributed by atoms with Gasteiger partial charge in [0.05, 0.1) is 31.8 Å². The summed E-state index contributed by atoms with van der Waals surface area (Å²) >= 11 is 0. The normalized spacial score (nSPS) is 12.4. The van der Waals surface area contributed by atoms with Crippen LogP contribution in [0.4, 0.5) is 0 Å². The van der Waals surface area contributed by atoms with Gasteiger partial charge in [0.2, 0.25) is 12.5 Å². The molecule has 2 aliphatic heterocycles. The zero-order valence-corrected chi connectivity index (χ0v) is 33.6. The highest BCUT2D eigenvalue weighted by Gasteiger charge is 2.32. The summed E-state index contributed by atoms with van der Waals surface area (Å²) < 4.78 is 31.8. The van der Waals surface area contributed by atoms with Crippen LogP contribution in [-0.2, 0) is 32.2 Å². The summed E-state index contributed by atoms with van der Waals surface area (Å²) in [6, 6.07) is 20.4. The van der Waals surface area contributed by atoms with Crippen molar-refractivity contribution >= 4 is 10.8 Å². The van der Waals surface area contributed by atoms with Crippen molar-refractivity contribution in [2.45, 2.75) is 70.8 Å². The summed E-state index contributed by atoms with van der Waals surface area (Å²) in [6.45, 7) is 9.63. The Bertz CT molecular complexity index is 2140. The van der Waals surface area contributed by atoms with E-state index in [1.807, 2.05) is 42.5 Å². The van der Waals surface area contributed by atoms with Crippen LogP contribution in [0.5, 0.6) is 34.5 Å². The second kappa shape index (κ2) is 18.1. The van der Waals surface area contributed by atoms with E-state index >= 15 is 0 Å². The monoisotopic (exact) mass is 839 g/mol. The molecule has 0 amide bonds. The van der Waals surface area contributed by atoms with Gasteiger partial charge in [-0.3, -0.25) is 0 Å². The smallest absolute Gasteiger partial charge is 0.231 e. The molecule has 1 N–H and O–H groups in total. The molecule has 7 rings (SSSR count). The highest BCUT2D eigenvalue weighted by Crippen LogP contribution is 2.44. The van der Waals surface area contributed by atoms with Crippen molar-refractivity contribution < 1.29 is 57.3 Å². The van der Waals surface area contributed by atoms with Gasteiger partial charge in [0.1, 0.15) is 11.5 Å². The van der Waals surface area contributed by atoms with Crippen LogP contribution in [0.25, 0.3) is 33.2 Å². The molecule has 0 bridgehead atoms. The van der Waals surface area contributed by atoms with Gasteiger partial charge in [0.25, 0.3) is 0 Å². The molecular formula is C46H50INO6. The van der Waals surface area contributed by atoms with E-state index in [0.717, 1.165) is 108 Å². The lowest BCUT2D eigenvalue weighted by Crippen LogP contribution is -3.00. The molecule has 0 radical (unpaired) electrons. The molecule has 0 saturated carbocycles. The molecule has 2 aliphatic rings. The van der Waals surface area contributed by atoms with Crippen molar-refractivity contribution in [2.75, 3.05) is 27.6 Å². The fraction of sp³-hybridized carbons (Fsp3) is 0.326. The molecule has 3 heterocycles. The highest BCUT2D eigenvalue weighted by molar-refractivity contribution is 5.95.